The highest BCUT2D eigenvalue weighted by Crippen LogP contribution is 2.30. The first-order valence-corrected chi connectivity index (χ1v) is 9.61. The van der Waals surface area contributed by atoms with Gasteiger partial charge in [-0.05, 0) is 38.8 Å². The molecular weight excluding hydrogens is 302 g/mol. The van der Waals surface area contributed by atoms with Crippen molar-refractivity contribution >= 4 is 10.2 Å². The van der Waals surface area contributed by atoms with Gasteiger partial charge >= 0.3 is 0 Å². The van der Waals surface area contributed by atoms with Gasteiger partial charge in [-0.25, -0.2) is 0 Å². The Labute approximate surface area is 135 Å². The van der Waals surface area contributed by atoms with Crippen molar-refractivity contribution in [2.45, 2.75) is 38.8 Å². The molecule has 0 spiro atoms. The first-order valence-electron chi connectivity index (χ1n) is 8.21. The van der Waals surface area contributed by atoms with Crippen LogP contribution in [0.4, 0.5) is 0 Å². The lowest BCUT2D eigenvalue weighted by atomic mass is 9.91. The van der Waals surface area contributed by atoms with Gasteiger partial charge in [0, 0.05) is 39.3 Å². The number of nitrogens with zero attached hydrogens (tertiary/aromatic N) is 3. The summed E-state index contributed by atoms with van der Waals surface area (Å²) in [4.78, 5) is 2.16. The van der Waals surface area contributed by atoms with Gasteiger partial charge in [0.1, 0.15) is 0 Å². The van der Waals surface area contributed by atoms with E-state index in [2.05, 4.69) is 18.7 Å². The minimum atomic E-state index is -3.34. The van der Waals surface area contributed by atoms with Gasteiger partial charge in [-0.1, -0.05) is 13.8 Å². The van der Waals surface area contributed by atoms with Crippen molar-refractivity contribution < 1.29 is 13.2 Å². The van der Waals surface area contributed by atoms with Gasteiger partial charge in [0.15, 0.2) is 0 Å². The van der Waals surface area contributed by atoms with E-state index < -0.39 is 10.2 Å². The van der Waals surface area contributed by atoms with Gasteiger partial charge in [0.2, 0.25) is 0 Å². The number of hydrogen-bond acceptors (Lipinski definition) is 4. The smallest absolute Gasteiger partial charge is 0.282 e. The van der Waals surface area contributed by atoms with Crippen LogP contribution in [0.2, 0.25) is 0 Å². The van der Waals surface area contributed by atoms with Crippen LogP contribution in [-0.2, 0) is 14.9 Å². The maximum atomic E-state index is 12.9. The normalized spacial score (nSPS) is 29.8. The summed E-state index contributed by atoms with van der Waals surface area (Å²) in [5.74, 6) is 0.869. The Morgan fingerprint density at radius 3 is 2.09 bits per heavy atom. The van der Waals surface area contributed by atoms with Crippen LogP contribution in [0.5, 0.6) is 0 Å². The van der Waals surface area contributed by atoms with E-state index in [1.54, 1.807) is 15.7 Å². The molecule has 0 aromatic heterocycles. The Balaban J connectivity index is 2.07. The van der Waals surface area contributed by atoms with Gasteiger partial charge in [-0.2, -0.15) is 17.0 Å². The predicted octanol–water partition coefficient (Wildman–Crippen LogP) is 0.860. The SMILES string of the molecule is COC1CCN(S(=O)(=O)N2C[C@H](C(C)C)[C@@H](N(C)C)C2)CC1. The molecule has 6 nitrogen and oxygen atoms in total. The van der Waals surface area contributed by atoms with Crippen molar-refractivity contribution in [3.63, 3.8) is 0 Å². The summed E-state index contributed by atoms with van der Waals surface area (Å²) in [6.07, 6.45) is 1.77. The fraction of sp³-hybridized carbons (Fsp3) is 1.00. The first-order chi connectivity index (χ1) is 10.3. The fourth-order valence-corrected chi connectivity index (χ4v) is 5.33. The third-order valence-electron chi connectivity index (χ3n) is 5.21. The number of hydrogen-bond donors (Lipinski definition) is 0. The topological polar surface area (TPSA) is 53.1 Å². The molecule has 0 radical (unpaired) electrons. The summed E-state index contributed by atoms with van der Waals surface area (Å²) < 4.78 is 34.5. The molecule has 2 fully saturated rings. The molecular formula is C15H31N3O3S. The zero-order valence-electron chi connectivity index (χ0n) is 14.5. The van der Waals surface area contributed by atoms with Crippen LogP contribution in [0.1, 0.15) is 26.7 Å². The zero-order chi connectivity index (χ0) is 16.5. The molecule has 7 heteroatoms. The molecule has 2 aliphatic rings. The number of methoxy groups -OCH3 is 1. The molecule has 22 heavy (non-hydrogen) atoms. The van der Waals surface area contributed by atoms with Gasteiger partial charge in [-0.15, -0.1) is 0 Å². The van der Waals surface area contributed by atoms with Crippen molar-refractivity contribution in [2.24, 2.45) is 11.8 Å². The van der Waals surface area contributed by atoms with Crippen molar-refractivity contribution in [3.05, 3.63) is 0 Å². The van der Waals surface area contributed by atoms with Crippen LogP contribution in [0, 0.1) is 11.8 Å². The van der Waals surface area contributed by atoms with E-state index in [0.29, 0.717) is 44.1 Å². The van der Waals surface area contributed by atoms with Crippen molar-refractivity contribution in [2.75, 3.05) is 47.4 Å². The van der Waals surface area contributed by atoms with Crippen LogP contribution in [0.25, 0.3) is 0 Å². The standard InChI is InChI=1S/C15H31N3O3S/c1-12(2)14-10-18(11-15(14)16(3)4)22(19,20)17-8-6-13(21-5)7-9-17/h12-15H,6-11H2,1-5H3/t14-,15+/m1/s1. The molecule has 2 aliphatic heterocycles. The van der Waals surface area contributed by atoms with Gasteiger partial charge in [0.25, 0.3) is 10.2 Å². The summed E-state index contributed by atoms with van der Waals surface area (Å²) in [7, 11) is 2.44. The molecule has 0 aromatic rings. The average molecular weight is 333 g/mol. The lowest BCUT2D eigenvalue weighted by Crippen LogP contribution is -2.48. The number of piperidine rings is 1. The Hall–Kier alpha value is -0.210. The molecule has 130 valence electrons. The largest absolute Gasteiger partial charge is 0.381 e. The third-order valence-corrected chi connectivity index (χ3v) is 7.17. The highest BCUT2D eigenvalue weighted by molar-refractivity contribution is 7.86. The fourth-order valence-electron chi connectivity index (χ4n) is 3.63. The molecule has 2 heterocycles. The Kier molecular flexibility index (Phi) is 5.88. The number of rotatable bonds is 5. The van der Waals surface area contributed by atoms with E-state index in [1.807, 2.05) is 14.1 Å². The quantitative estimate of drug-likeness (QED) is 0.749. The maximum Gasteiger partial charge on any atom is 0.282 e. The van der Waals surface area contributed by atoms with E-state index in [9.17, 15) is 8.42 Å². The second kappa shape index (κ2) is 7.13. The molecule has 0 bridgehead atoms. The lowest BCUT2D eigenvalue weighted by molar-refractivity contribution is 0.0592. The van der Waals surface area contributed by atoms with E-state index in [1.165, 1.54) is 0 Å². The van der Waals surface area contributed by atoms with Crippen LogP contribution < -0.4 is 0 Å². The van der Waals surface area contributed by atoms with Crippen molar-refractivity contribution in [3.8, 4) is 0 Å². The van der Waals surface area contributed by atoms with E-state index >= 15 is 0 Å². The number of ether oxygens (including phenoxy) is 1. The molecule has 2 rings (SSSR count). The minimum absolute atomic E-state index is 0.197. The second-order valence-electron chi connectivity index (χ2n) is 7.10. The van der Waals surface area contributed by atoms with Crippen LogP contribution >= 0.6 is 0 Å². The highest BCUT2D eigenvalue weighted by atomic mass is 32.2. The van der Waals surface area contributed by atoms with Gasteiger partial charge in [0.05, 0.1) is 6.10 Å². The van der Waals surface area contributed by atoms with Crippen LogP contribution in [0.3, 0.4) is 0 Å². The van der Waals surface area contributed by atoms with Crippen molar-refractivity contribution in [1.82, 2.24) is 13.5 Å². The monoisotopic (exact) mass is 333 g/mol. The Morgan fingerprint density at radius 1 is 1.09 bits per heavy atom. The van der Waals surface area contributed by atoms with Crippen molar-refractivity contribution in [1.29, 1.82) is 0 Å². The predicted molar refractivity (Wildman–Crippen MR) is 87.9 cm³/mol. The maximum absolute atomic E-state index is 12.9. The van der Waals surface area contributed by atoms with Crippen LogP contribution in [-0.4, -0.2) is 81.5 Å². The summed E-state index contributed by atoms with van der Waals surface area (Å²) in [6.45, 7) is 6.73. The lowest BCUT2D eigenvalue weighted by Gasteiger charge is -2.33. The van der Waals surface area contributed by atoms with Gasteiger partial charge < -0.3 is 9.64 Å². The summed E-state index contributed by atoms with van der Waals surface area (Å²) in [5.41, 5.74) is 0. The zero-order valence-corrected chi connectivity index (χ0v) is 15.3. The minimum Gasteiger partial charge on any atom is -0.381 e. The highest BCUT2D eigenvalue weighted by Gasteiger charge is 2.43. The second-order valence-corrected chi connectivity index (χ2v) is 9.03. The average Bonchev–Trinajstić information content (AvgIpc) is 2.93. The molecule has 0 saturated carbocycles. The first kappa shape index (κ1) is 18.1. The molecule has 0 aromatic carbocycles. The van der Waals surface area contributed by atoms with E-state index in [0.717, 1.165) is 12.8 Å². The van der Waals surface area contributed by atoms with Gasteiger partial charge in [-0.3, -0.25) is 0 Å². The molecule has 2 saturated heterocycles. The molecule has 0 N–H and O–H groups in total. The molecule has 0 unspecified atom stereocenters. The Bertz CT molecular complexity index is 443. The van der Waals surface area contributed by atoms with Crippen LogP contribution in [0.15, 0.2) is 0 Å². The summed E-state index contributed by atoms with van der Waals surface area (Å²) >= 11 is 0. The Morgan fingerprint density at radius 2 is 1.68 bits per heavy atom. The third kappa shape index (κ3) is 3.64. The number of likely N-dealkylation sites (N-methyl/N-ethyl adjacent to an activating group) is 1. The molecule has 0 amide bonds. The van der Waals surface area contributed by atoms with E-state index in [-0.39, 0.29) is 6.10 Å². The summed E-state index contributed by atoms with van der Waals surface area (Å²) in [6, 6.07) is 0.297. The van der Waals surface area contributed by atoms with E-state index in [4.69, 9.17) is 4.74 Å². The molecule has 2 atom stereocenters. The summed E-state index contributed by atoms with van der Waals surface area (Å²) in [5, 5.41) is 0. The molecule has 0 aliphatic carbocycles.